The zero-order valence-corrected chi connectivity index (χ0v) is 14.3. The van der Waals surface area contributed by atoms with E-state index in [1.807, 2.05) is 20.8 Å². The number of methoxy groups -OCH3 is 1. The summed E-state index contributed by atoms with van der Waals surface area (Å²) in [5, 5.41) is 0. The Kier molecular flexibility index (Phi) is 4.04. The molecule has 0 spiro atoms. The van der Waals surface area contributed by atoms with E-state index in [9.17, 15) is 9.59 Å². The lowest BCUT2D eigenvalue weighted by molar-refractivity contribution is -0.154. The van der Waals surface area contributed by atoms with E-state index < -0.39 is 12.1 Å². The fourth-order valence-electron chi connectivity index (χ4n) is 3.65. The Morgan fingerprint density at radius 1 is 1.38 bits per heavy atom. The quantitative estimate of drug-likeness (QED) is 0.637. The maximum atomic E-state index is 12.8. The molecule has 4 atom stereocenters. The van der Waals surface area contributed by atoms with Crippen molar-refractivity contribution in [1.82, 2.24) is 9.74 Å². The Morgan fingerprint density at radius 2 is 1.95 bits per heavy atom. The number of halogens is 1. The first-order valence-electron chi connectivity index (χ1n) is 7.31. The second-order valence-electron chi connectivity index (χ2n) is 7.82. The summed E-state index contributed by atoms with van der Waals surface area (Å²) in [6.45, 7) is 10.7. The van der Waals surface area contributed by atoms with Gasteiger partial charge in [0.2, 0.25) is 5.91 Å². The van der Waals surface area contributed by atoms with Crippen LogP contribution in [0.25, 0.3) is 0 Å². The van der Waals surface area contributed by atoms with Gasteiger partial charge in [-0.05, 0) is 28.5 Å². The molecule has 1 saturated heterocycles. The predicted octanol–water partition coefficient (Wildman–Crippen LogP) is 1.80. The van der Waals surface area contributed by atoms with E-state index >= 15 is 0 Å². The van der Waals surface area contributed by atoms with Crippen LogP contribution in [0.4, 0.5) is 0 Å². The Labute approximate surface area is 131 Å². The summed E-state index contributed by atoms with van der Waals surface area (Å²) in [7, 11) is 1.37. The zero-order chi connectivity index (χ0) is 16.2. The van der Waals surface area contributed by atoms with Crippen LogP contribution in [0.5, 0.6) is 0 Å². The molecular formula is C15H25ClN2O3. The predicted molar refractivity (Wildman–Crippen MR) is 80.5 cm³/mol. The number of hydrogen-bond donors (Lipinski definition) is 1. The van der Waals surface area contributed by atoms with Crippen molar-refractivity contribution in [3.05, 3.63) is 0 Å². The molecule has 21 heavy (non-hydrogen) atoms. The third-order valence-electron chi connectivity index (χ3n) is 5.16. The van der Waals surface area contributed by atoms with Gasteiger partial charge < -0.3 is 9.64 Å². The Balaban J connectivity index is 2.24. The molecule has 6 heteroatoms. The topological polar surface area (TPSA) is 58.6 Å². The monoisotopic (exact) mass is 316 g/mol. The van der Waals surface area contributed by atoms with Crippen molar-refractivity contribution < 1.29 is 14.3 Å². The molecule has 2 rings (SSSR count). The summed E-state index contributed by atoms with van der Waals surface area (Å²) in [5.41, 5.74) is -0.233. The highest BCUT2D eigenvalue weighted by atomic mass is 35.5. The molecule has 1 amide bonds. The number of carbonyl (C=O) groups is 2. The van der Waals surface area contributed by atoms with Gasteiger partial charge in [-0.3, -0.25) is 4.79 Å². The largest absolute Gasteiger partial charge is 0.467 e. The highest BCUT2D eigenvalue weighted by molar-refractivity contribution is 6.15. The minimum absolute atomic E-state index is 0.0985. The Bertz CT molecular complexity index is 458. The molecule has 1 saturated carbocycles. The van der Waals surface area contributed by atoms with Crippen molar-refractivity contribution in [2.24, 2.45) is 22.7 Å². The van der Waals surface area contributed by atoms with E-state index in [0.29, 0.717) is 12.5 Å². The number of amides is 1. The number of likely N-dealkylation sites (tertiary alicyclic amines) is 1. The lowest BCUT2D eigenvalue weighted by Crippen LogP contribution is -2.55. The maximum Gasteiger partial charge on any atom is 0.328 e. The summed E-state index contributed by atoms with van der Waals surface area (Å²) in [6.07, 6.45) is 0. The van der Waals surface area contributed by atoms with Gasteiger partial charge in [-0.25, -0.2) is 9.63 Å². The SMILES string of the molecule is COC(=O)[C@@H]1[C@@H]2[C@H](CN1C(=O)[C@@H](NCl)C(C)(C)C)C2(C)C. The first-order chi connectivity index (χ1) is 9.57. The van der Waals surface area contributed by atoms with Crippen molar-refractivity contribution in [2.45, 2.75) is 46.7 Å². The van der Waals surface area contributed by atoms with E-state index in [2.05, 4.69) is 18.7 Å². The molecule has 1 aliphatic heterocycles. The number of piperidine rings is 1. The van der Waals surface area contributed by atoms with Crippen LogP contribution in [0, 0.1) is 22.7 Å². The smallest absolute Gasteiger partial charge is 0.328 e. The number of ether oxygens (including phenoxy) is 1. The molecule has 2 fully saturated rings. The van der Waals surface area contributed by atoms with Gasteiger partial charge in [-0.2, -0.15) is 0 Å². The number of fused-ring (bicyclic) bond motifs is 1. The molecule has 0 radical (unpaired) electrons. The molecule has 1 heterocycles. The number of rotatable bonds is 3. The summed E-state index contributed by atoms with van der Waals surface area (Å²) in [5.74, 6) is 0.0888. The van der Waals surface area contributed by atoms with Gasteiger partial charge in [-0.1, -0.05) is 34.6 Å². The zero-order valence-electron chi connectivity index (χ0n) is 13.6. The average molecular weight is 317 g/mol. The van der Waals surface area contributed by atoms with Gasteiger partial charge in [0.1, 0.15) is 12.1 Å². The highest BCUT2D eigenvalue weighted by Gasteiger charge is 2.70. The first-order valence-corrected chi connectivity index (χ1v) is 7.69. The van der Waals surface area contributed by atoms with Crippen LogP contribution in [-0.4, -0.2) is 42.5 Å². The van der Waals surface area contributed by atoms with Crippen LogP contribution < -0.4 is 4.84 Å². The lowest BCUT2D eigenvalue weighted by Gasteiger charge is -2.36. The molecule has 0 aromatic rings. The van der Waals surface area contributed by atoms with E-state index in [1.54, 1.807) is 4.90 Å². The van der Waals surface area contributed by atoms with Crippen LogP contribution >= 0.6 is 11.8 Å². The number of carbonyl (C=O) groups excluding carboxylic acids is 2. The normalized spacial score (nSPS) is 31.6. The van der Waals surface area contributed by atoms with Gasteiger partial charge in [0, 0.05) is 12.5 Å². The molecule has 1 aliphatic carbocycles. The number of nitrogens with one attached hydrogen (secondary N) is 1. The van der Waals surface area contributed by atoms with Gasteiger partial charge in [0.05, 0.1) is 7.11 Å². The number of hydrogen-bond acceptors (Lipinski definition) is 4. The fraction of sp³-hybridized carbons (Fsp3) is 0.867. The third kappa shape index (κ3) is 2.55. The van der Waals surface area contributed by atoms with E-state index in [1.165, 1.54) is 7.11 Å². The molecule has 5 nitrogen and oxygen atoms in total. The minimum atomic E-state index is -0.535. The van der Waals surface area contributed by atoms with Crippen molar-refractivity contribution in [3.8, 4) is 0 Å². The summed E-state index contributed by atoms with van der Waals surface area (Å²) >= 11 is 5.78. The molecule has 120 valence electrons. The van der Waals surface area contributed by atoms with Crippen LogP contribution in [0.2, 0.25) is 0 Å². The molecule has 2 aliphatic rings. The lowest BCUT2D eigenvalue weighted by atomic mass is 9.86. The number of esters is 1. The third-order valence-corrected chi connectivity index (χ3v) is 5.37. The van der Waals surface area contributed by atoms with Crippen molar-refractivity contribution in [3.63, 3.8) is 0 Å². The van der Waals surface area contributed by atoms with Gasteiger partial charge >= 0.3 is 5.97 Å². The Hall–Kier alpha value is -0.810. The van der Waals surface area contributed by atoms with Gasteiger partial charge in [-0.15, -0.1) is 0 Å². The Morgan fingerprint density at radius 3 is 2.38 bits per heavy atom. The van der Waals surface area contributed by atoms with E-state index in [0.717, 1.165) is 0 Å². The average Bonchev–Trinajstić information content (AvgIpc) is 2.76. The molecule has 0 aromatic carbocycles. The summed E-state index contributed by atoms with van der Waals surface area (Å²) in [4.78, 5) is 29.2. The summed E-state index contributed by atoms with van der Waals surface area (Å²) < 4.78 is 4.92. The molecule has 0 aromatic heterocycles. The van der Waals surface area contributed by atoms with E-state index in [4.69, 9.17) is 16.5 Å². The molecular weight excluding hydrogens is 292 g/mol. The van der Waals surface area contributed by atoms with Gasteiger partial charge in [0.25, 0.3) is 0 Å². The molecule has 0 unspecified atom stereocenters. The summed E-state index contributed by atoms with van der Waals surface area (Å²) in [6, 6.07) is -1.02. The van der Waals surface area contributed by atoms with Crippen LogP contribution in [0.3, 0.4) is 0 Å². The van der Waals surface area contributed by atoms with E-state index in [-0.39, 0.29) is 28.6 Å². The standard InChI is InChI=1S/C15H25ClN2O3/c1-14(2,3)11(17-16)12(19)18-7-8-9(15(8,4)5)10(18)13(20)21-6/h8-11,17H,7H2,1-6H3/t8-,9-,10-,11+/m0/s1. The second-order valence-corrected chi connectivity index (χ2v) is 8.04. The van der Waals surface area contributed by atoms with Crippen LogP contribution in [-0.2, 0) is 14.3 Å². The van der Waals surface area contributed by atoms with Gasteiger partial charge in [0.15, 0.2) is 0 Å². The minimum Gasteiger partial charge on any atom is -0.467 e. The van der Waals surface area contributed by atoms with Crippen molar-refractivity contribution in [2.75, 3.05) is 13.7 Å². The second kappa shape index (κ2) is 5.13. The van der Waals surface area contributed by atoms with Crippen molar-refractivity contribution >= 4 is 23.7 Å². The fourth-order valence-corrected chi connectivity index (χ4v) is 4.07. The van der Waals surface area contributed by atoms with Crippen LogP contribution in [0.15, 0.2) is 0 Å². The van der Waals surface area contributed by atoms with Crippen molar-refractivity contribution in [1.29, 1.82) is 0 Å². The van der Waals surface area contributed by atoms with Crippen LogP contribution in [0.1, 0.15) is 34.6 Å². The maximum absolute atomic E-state index is 12.8. The number of nitrogens with zero attached hydrogens (tertiary/aromatic N) is 1. The molecule has 0 bridgehead atoms. The highest BCUT2D eigenvalue weighted by Crippen LogP contribution is 2.65. The molecule has 1 N–H and O–H groups in total. The first kappa shape index (κ1) is 16.6.